The van der Waals surface area contributed by atoms with Gasteiger partial charge in [-0.3, -0.25) is 0 Å². The van der Waals surface area contributed by atoms with Crippen LogP contribution in [0.5, 0.6) is 0 Å². The molecule has 1 aliphatic rings. The Morgan fingerprint density at radius 3 is 2.50 bits per heavy atom. The molecule has 0 amide bonds. The topological polar surface area (TPSA) is 0 Å². The number of hydrogen-bond donors (Lipinski definition) is 0. The fourth-order valence-electron chi connectivity index (χ4n) is 3.00. The van der Waals surface area contributed by atoms with E-state index in [-0.39, 0.29) is 0 Å². The zero-order valence-electron chi connectivity index (χ0n) is 11.2. The lowest BCUT2D eigenvalue weighted by Gasteiger charge is -2.35. The molecule has 0 saturated heterocycles. The maximum Gasteiger partial charge on any atom is 0.0177 e. The smallest absolute Gasteiger partial charge is 0.0177 e. The van der Waals surface area contributed by atoms with E-state index in [1.807, 2.05) is 0 Å². The van der Waals surface area contributed by atoms with Gasteiger partial charge in [-0.15, -0.1) is 0 Å². The summed E-state index contributed by atoms with van der Waals surface area (Å²) in [6.45, 7) is 4.75. The monoisotopic (exact) mass is 420 g/mol. The van der Waals surface area contributed by atoms with Crippen molar-refractivity contribution in [2.45, 2.75) is 44.4 Å². The molecule has 100 valence electrons. The second-order valence-electron chi connectivity index (χ2n) is 5.92. The van der Waals surface area contributed by atoms with Gasteiger partial charge in [0.05, 0.1) is 0 Å². The lowest BCUT2D eigenvalue weighted by Crippen LogP contribution is -2.29. The summed E-state index contributed by atoms with van der Waals surface area (Å²) in [7, 11) is 0. The summed E-state index contributed by atoms with van der Waals surface area (Å²) in [6.07, 6.45) is 5.37. The van der Waals surface area contributed by atoms with E-state index in [9.17, 15) is 0 Å². The average Bonchev–Trinajstić information content (AvgIpc) is 2.34. The summed E-state index contributed by atoms with van der Waals surface area (Å²) < 4.78 is 1.33. The first-order valence-electron chi connectivity index (χ1n) is 6.94. The van der Waals surface area contributed by atoms with Crippen LogP contribution in [0.2, 0.25) is 0 Å². The third-order valence-corrected chi connectivity index (χ3v) is 6.21. The van der Waals surface area contributed by atoms with Crippen LogP contribution in [0.4, 0.5) is 0 Å². The highest BCUT2D eigenvalue weighted by atomic mass is 127. The zero-order chi connectivity index (χ0) is 13.1. The molecule has 0 aliphatic heterocycles. The Bertz CT molecular complexity index is 371. The number of rotatable bonds is 3. The maximum absolute atomic E-state index is 3.90. The van der Waals surface area contributed by atoms with Crippen LogP contribution in [0.3, 0.4) is 0 Å². The van der Waals surface area contributed by atoms with Crippen LogP contribution < -0.4 is 0 Å². The van der Waals surface area contributed by atoms with E-state index < -0.39 is 0 Å². The minimum atomic E-state index is 0.715. The average molecular weight is 421 g/mol. The molecule has 1 fully saturated rings. The Morgan fingerprint density at radius 1 is 1.22 bits per heavy atom. The molecular formula is C16H22BrI. The van der Waals surface area contributed by atoms with Gasteiger partial charge in [0.25, 0.3) is 0 Å². The number of hydrogen-bond acceptors (Lipinski definition) is 0. The molecule has 0 radical (unpaired) electrons. The summed E-state index contributed by atoms with van der Waals surface area (Å²) in [5.41, 5.74) is 1.49. The molecule has 0 spiro atoms. The molecule has 0 aromatic heterocycles. The van der Waals surface area contributed by atoms with Gasteiger partial charge in [0.1, 0.15) is 0 Å². The van der Waals surface area contributed by atoms with Crippen LogP contribution in [0, 0.1) is 21.3 Å². The molecule has 1 saturated carbocycles. The highest BCUT2D eigenvalue weighted by Gasteiger charge is 2.30. The molecule has 2 heteroatoms. The van der Waals surface area contributed by atoms with Gasteiger partial charge in [-0.05, 0) is 83.7 Å². The standard InChI is InChI=1S/C16H22BrI/c1-11(2)13-5-8-16(17)14(10-13)9-12-3-6-15(18)7-4-12/h3-4,6-7,11,13-14,16H,5,8-10H2,1-2H3. The first-order valence-corrected chi connectivity index (χ1v) is 8.94. The fraction of sp³-hybridized carbons (Fsp3) is 0.625. The lowest BCUT2D eigenvalue weighted by atomic mass is 9.74. The van der Waals surface area contributed by atoms with Crippen LogP contribution in [-0.2, 0) is 6.42 Å². The van der Waals surface area contributed by atoms with Gasteiger partial charge in [0, 0.05) is 8.40 Å². The second kappa shape index (κ2) is 6.74. The van der Waals surface area contributed by atoms with Gasteiger partial charge in [-0.1, -0.05) is 41.9 Å². The summed E-state index contributed by atoms with van der Waals surface area (Å²) in [6, 6.07) is 9.03. The lowest BCUT2D eigenvalue weighted by molar-refractivity contribution is 0.223. The molecule has 3 unspecified atom stereocenters. The molecule has 3 atom stereocenters. The highest BCUT2D eigenvalue weighted by molar-refractivity contribution is 14.1. The van der Waals surface area contributed by atoms with Crippen LogP contribution >= 0.6 is 38.5 Å². The minimum absolute atomic E-state index is 0.715. The van der Waals surface area contributed by atoms with Gasteiger partial charge >= 0.3 is 0 Å². The molecule has 1 aromatic rings. The van der Waals surface area contributed by atoms with E-state index in [1.165, 1.54) is 34.8 Å². The van der Waals surface area contributed by atoms with Crippen molar-refractivity contribution in [1.29, 1.82) is 0 Å². The summed E-state index contributed by atoms with van der Waals surface area (Å²) in [4.78, 5) is 0.715. The van der Waals surface area contributed by atoms with E-state index in [0.29, 0.717) is 4.83 Å². The molecule has 0 bridgehead atoms. The van der Waals surface area contributed by atoms with E-state index >= 15 is 0 Å². The number of benzene rings is 1. The maximum atomic E-state index is 3.90. The largest absolute Gasteiger partial charge is 0.0888 e. The molecule has 0 N–H and O–H groups in total. The predicted octanol–water partition coefficient (Wildman–Crippen LogP) is 5.67. The van der Waals surface area contributed by atoms with Crippen molar-refractivity contribution in [2.24, 2.45) is 17.8 Å². The molecule has 1 aliphatic carbocycles. The Balaban J connectivity index is 2.00. The van der Waals surface area contributed by atoms with Crippen LogP contribution in [0.1, 0.15) is 38.7 Å². The van der Waals surface area contributed by atoms with Crippen molar-refractivity contribution in [3.63, 3.8) is 0 Å². The van der Waals surface area contributed by atoms with Gasteiger partial charge in [-0.25, -0.2) is 0 Å². The molecule has 2 rings (SSSR count). The van der Waals surface area contributed by atoms with Gasteiger partial charge < -0.3 is 0 Å². The molecular weight excluding hydrogens is 399 g/mol. The van der Waals surface area contributed by atoms with Crippen LogP contribution in [0.25, 0.3) is 0 Å². The Kier molecular flexibility index (Phi) is 5.55. The van der Waals surface area contributed by atoms with Crippen molar-refractivity contribution >= 4 is 38.5 Å². The quantitative estimate of drug-likeness (QED) is 0.436. The molecule has 0 heterocycles. The first-order chi connectivity index (χ1) is 8.56. The van der Waals surface area contributed by atoms with Crippen LogP contribution in [0.15, 0.2) is 24.3 Å². The summed E-state index contributed by atoms with van der Waals surface area (Å²) in [5, 5.41) is 0. The normalized spacial score (nSPS) is 28.6. The van der Waals surface area contributed by atoms with Crippen molar-refractivity contribution in [3.05, 3.63) is 33.4 Å². The third-order valence-electron chi connectivity index (χ3n) is 4.28. The molecule has 0 nitrogen and oxygen atoms in total. The number of halogens is 2. The number of alkyl halides is 1. The van der Waals surface area contributed by atoms with Crippen molar-refractivity contribution in [2.75, 3.05) is 0 Å². The Hall–Kier alpha value is 0.430. The second-order valence-corrected chi connectivity index (χ2v) is 8.35. The highest BCUT2D eigenvalue weighted by Crippen LogP contribution is 2.38. The van der Waals surface area contributed by atoms with Crippen molar-refractivity contribution in [3.8, 4) is 0 Å². The third kappa shape index (κ3) is 3.96. The van der Waals surface area contributed by atoms with Crippen LogP contribution in [-0.4, -0.2) is 4.83 Å². The first kappa shape index (κ1) is 14.8. The predicted molar refractivity (Wildman–Crippen MR) is 91.2 cm³/mol. The van der Waals surface area contributed by atoms with Crippen molar-refractivity contribution < 1.29 is 0 Å². The zero-order valence-corrected chi connectivity index (χ0v) is 14.9. The molecule has 18 heavy (non-hydrogen) atoms. The SMILES string of the molecule is CC(C)C1CCC(Br)C(Cc2ccc(I)cc2)C1. The molecule has 1 aromatic carbocycles. The van der Waals surface area contributed by atoms with E-state index in [2.05, 4.69) is 76.6 Å². The van der Waals surface area contributed by atoms with Crippen molar-refractivity contribution in [1.82, 2.24) is 0 Å². The van der Waals surface area contributed by atoms with Gasteiger partial charge in [0.2, 0.25) is 0 Å². The van der Waals surface area contributed by atoms with E-state index in [4.69, 9.17) is 0 Å². The Morgan fingerprint density at radius 2 is 1.89 bits per heavy atom. The minimum Gasteiger partial charge on any atom is -0.0888 e. The fourth-order valence-corrected chi connectivity index (χ4v) is 4.03. The Labute approximate surface area is 133 Å². The van der Waals surface area contributed by atoms with Gasteiger partial charge in [0.15, 0.2) is 0 Å². The summed E-state index contributed by atoms with van der Waals surface area (Å²) >= 11 is 6.28. The van der Waals surface area contributed by atoms with Gasteiger partial charge in [-0.2, -0.15) is 0 Å². The van der Waals surface area contributed by atoms with E-state index in [1.54, 1.807) is 0 Å². The van der Waals surface area contributed by atoms with E-state index in [0.717, 1.165) is 17.8 Å². The summed E-state index contributed by atoms with van der Waals surface area (Å²) in [5.74, 6) is 2.57.